The van der Waals surface area contributed by atoms with Gasteiger partial charge in [-0.15, -0.1) is 12.4 Å². The fourth-order valence-corrected chi connectivity index (χ4v) is 3.45. The Morgan fingerprint density at radius 2 is 1.95 bits per heavy atom. The number of anilines is 1. The summed E-state index contributed by atoms with van der Waals surface area (Å²) in [5.74, 6) is 1.45. The molecule has 1 saturated heterocycles. The molecule has 21 heavy (non-hydrogen) atoms. The predicted octanol–water partition coefficient (Wildman–Crippen LogP) is 3.34. The molecule has 3 rings (SSSR count). The van der Waals surface area contributed by atoms with Crippen LogP contribution in [0.15, 0.2) is 24.3 Å². The number of amides is 1. The van der Waals surface area contributed by atoms with E-state index in [0.717, 1.165) is 44.6 Å². The van der Waals surface area contributed by atoms with Crippen LogP contribution in [0.25, 0.3) is 0 Å². The van der Waals surface area contributed by atoms with Crippen LogP contribution < -0.4 is 10.2 Å². The number of carbonyl (C=O) groups is 1. The molecule has 2 aliphatic rings. The van der Waals surface area contributed by atoms with Gasteiger partial charge in [-0.1, -0.05) is 25.1 Å². The third-order valence-electron chi connectivity index (χ3n) is 4.77. The van der Waals surface area contributed by atoms with Crippen molar-refractivity contribution in [2.75, 3.05) is 24.5 Å². The van der Waals surface area contributed by atoms with Crippen LogP contribution in [0.5, 0.6) is 0 Å². The van der Waals surface area contributed by atoms with E-state index in [0.29, 0.717) is 24.2 Å². The summed E-state index contributed by atoms with van der Waals surface area (Å²) in [5, 5.41) is 3.36. The van der Waals surface area contributed by atoms with Crippen LogP contribution in [-0.4, -0.2) is 25.5 Å². The fraction of sp³-hybridized carbons (Fsp3) is 0.588. The molecule has 0 saturated carbocycles. The molecule has 0 spiro atoms. The van der Waals surface area contributed by atoms with E-state index < -0.39 is 0 Å². The van der Waals surface area contributed by atoms with Gasteiger partial charge in [-0.2, -0.15) is 0 Å². The van der Waals surface area contributed by atoms with Gasteiger partial charge in [-0.25, -0.2) is 0 Å². The minimum Gasteiger partial charge on any atom is -0.317 e. The first-order valence-electron chi connectivity index (χ1n) is 7.85. The second-order valence-electron chi connectivity index (χ2n) is 6.19. The summed E-state index contributed by atoms with van der Waals surface area (Å²) in [5.41, 5.74) is 2.47. The first kappa shape index (κ1) is 16.3. The van der Waals surface area contributed by atoms with Crippen molar-refractivity contribution in [3.05, 3.63) is 29.8 Å². The number of rotatable bonds is 2. The topological polar surface area (TPSA) is 32.3 Å². The quantitative estimate of drug-likeness (QED) is 0.909. The Hall–Kier alpha value is -1.06. The minimum atomic E-state index is 0. The molecule has 0 aliphatic carbocycles. The van der Waals surface area contributed by atoms with Gasteiger partial charge in [-0.05, 0) is 55.8 Å². The van der Waals surface area contributed by atoms with Crippen molar-refractivity contribution in [2.24, 2.45) is 5.92 Å². The number of hydrogen-bond acceptors (Lipinski definition) is 2. The molecule has 0 radical (unpaired) electrons. The van der Waals surface area contributed by atoms with Crippen molar-refractivity contribution in [2.45, 2.75) is 38.5 Å². The smallest absolute Gasteiger partial charge is 0.227 e. The van der Waals surface area contributed by atoms with Gasteiger partial charge < -0.3 is 10.2 Å². The van der Waals surface area contributed by atoms with Gasteiger partial charge in [-0.3, -0.25) is 4.79 Å². The largest absolute Gasteiger partial charge is 0.317 e. The number of fused-ring (bicyclic) bond motifs is 1. The molecule has 0 aromatic heterocycles. The second kappa shape index (κ2) is 7.28. The summed E-state index contributed by atoms with van der Waals surface area (Å²) in [4.78, 5) is 14.7. The van der Waals surface area contributed by atoms with Crippen molar-refractivity contribution in [3.8, 4) is 0 Å². The van der Waals surface area contributed by atoms with E-state index in [1.165, 1.54) is 5.56 Å². The number of benzene rings is 1. The number of halogens is 1. The second-order valence-corrected chi connectivity index (χ2v) is 6.19. The summed E-state index contributed by atoms with van der Waals surface area (Å²) in [6, 6.07) is 8.40. The Balaban J connectivity index is 0.00000161. The highest BCUT2D eigenvalue weighted by Crippen LogP contribution is 2.35. The van der Waals surface area contributed by atoms with Crippen LogP contribution in [-0.2, 0) is 4.79 Å². The van der Waals surface area contributed by atoms with E-state index in [9.17, 15) is 4.79 Å². The molecule has 1 fully saturated rings. The van der Waals surface area contributed by atoms with Crippen molar-refractivity contribution in [1.29, 1.82) is 0 Å². The maximum absolute atomic E-state index is 12.6. The number of piperidine rings is 1. The number of nitrogens with zero attached hydrogens (tertiary/aromatic N) is 1. The van der Waals surface area contributed by atoms with Gasteiger partial charge in [0, 0.05) is 18.7 Å². The van der Waals surface area contributed by atoms with Gasteiger partial charge in [0.05, 0.1) is 0 Å². The predicted molar refractivity (Wildman–Crippen MR) is 89.3 cm³/mol. The maximum atomic E-state index is 12.6. The fourth-order valence-electron chi connectivity index (χ4n) is 3.45. The SMILES string of the molecule is CC1CCN(C(=O)CC2CCNCC2)c2ccccc21.Cl. The lowest BCUT2D eigenvalue weighted by Gasteiger charge is -2.34. The first-order valence-corrected chi connectivity index (χ1v) is 7.85. The Morgan fingerprint density at radius 3 is 2.71 bits per heavy atom. The van der Waals surface area contributed by atoms with E-state index in [-0.39, 0.29) is 12.4 Å². The van der Waals surface area contributed by atoms with Crippen molar-refractivity contribution < 1.29 is 4.79 Å². The van der Waals surface area contributed by atoms with Crippen LogP contribution >= 0.6 is 12.4 Å². The van der Waals surface area contributed by atoms with Gasteiger partial charge in [0.15, 0.2) is 0 Å². The lowest BCUT2D eigenvalue weighted by atomic mass is 9.90. The zero-order valence-corrected chi connectivity index (χ0v) is 13.5. The Morgan fingerprint density at radius 1 is 1.24 bits per heavy atom. The number of nitrogens with one attached hydrogen (secondary N) is 1. The molecule has 4 heteroatoms. The highest BCUT2D eigenvalue weighted by molar-refractivity contribution is 5.94. The third-order valence-corrected chi connectivity index (χ3v) is 4.77. The van der Waals surface area contributed by atoms with Crippen molar-refractivity contribution >= 4 is 24.0 Å². The molecule has 1 unspecified atom stereocenters. The minimum absolute atomic E-state index is 0. The summed E-state index contributed by atoms with van der Waals surface area (Å²) in [6.07, 6.45) is 4.06. The summed E-state index contributed by atoms with van der Waals surface area (Å²) >= 11 is 0. The average Bonchev–Trinajstić information content (AvgIpc) is 2.49. The average molecular weight is 309 g/mol. The Labute approximate surface area is 133 Å². The Kier molecular flexibility index (Phi) is 5.65. The highest BCUT2D eigenvalue weighted by atomic mass is 35.5. The number of para-hydroxylation sites is 1. The molecule has 116 valence electrons. The van der Waals surface area contributed by atoms with Crippen LogP contribution in [0.1, 0.15) is 44.1 Å². The molecule has 3 nitrogen and oxygen atoms in total. The summed E-state index contributed by atoms with van der Waals surface area (Å²) < 4.78 is 0. The molecular formula is C17H25ClN2O. The van der Waals surface area contributed by atoms with E-state index in [1.807, 2.05) is 11.0 Å². The normalized spacial score (nSPS) is 22.3. The molecule has 1 aromatic carbocycles. The van der Waals surface area contributed by atoms with E-state index >= 15 is 0 Å². The number of hydrogen-bond donors (Lipinski definition) is 1. The van der Waals surface area contributed by atoms with E-state index in [1.54, 1.807) is 0 Å². The zero-order valence-electron chi connectivity index (χ0n) is 12.7. The monoisotopic (exact) mass is 308 g/mol. The van der Waals surface area contributed by atoms with E-state index in [4.69, 9.17) is 0 Å². The van der Waals surface area contributed by atoms with Gasteiger partial charge >= 0.3 is 0 Å². The van der Waals surface area contributed by atoms with Gasteiger partial charge in [0.2, 0.25) is 5.91 Å². The maximum Gasteiger partial charge on any atom is 0.227 e. The van der Waals surface area contributed by atoms with Crippen molar-refractivity contribution in [3.63, 3.8) is 0 Å². The molecule has 1 aromatic rings. The van der Waals surface area contributed by atoms with Crippen LogP contribution in [0.2, 0.25) is 0 Å². The molecule has 2 heterocycles. The lowest BCUT2D eigenvalue weighted by molar-refractivity contribution is -0.119. The molecule has 1 atom stereocenters. The Bertz CT molecular complexity index is 485. The van der Waals surface area contributed by atoms with Gasteiger partial charge in [0.25, 0.3) is 0 Å². The van der Waals surface area contributed by atoms with Crippen LogP contribution in [0, 0.1) is 5.92 Å². The molecule has 1 N–H and O–H groups in total. The van der Waals surface area contributed by atoms with Crippen LogP contribution in [0.3, 0.4) is 0 Å². The first-order chi connectivity index (χ1) is 9.75. The van der Waals surface area contributed by atoms with E-state index in [2.05, 4.69) is 30.4 Å². The molecule has 0 bridgehead atoms. The standard InChI is InChI=1S/C17H24N2O.ClH/c1-13-8-11-19(16-5-3-2-4-15(13)16)17(20)12-14-6-9-18-10-7-14;/h2-5,13-14,18H,6-12H2,1H3;1H. The molecule has 1 amide bonds. The highest BCUT2D eigenvalue weighted by Gasteiger charge is 2.27. The zero-order chi connectivity index (χ0) is 13.9. The lowest BCUT2D eigenvalue weighted by Crippen LogP contribution is -2.38. The van der Waals surface area contributed by atoms with Crippen LogP contribution in [0.4, 0.5) is 5.69 Å². The van der Waals surface area contributed by atoms with Gasteiger partial charge in [0.1, 0.15) is 0 Å². The summed E-state index contributed by atoms with van der Waals surface area (Å²) in [7, 11) is 0. The third kappa shape index (κ3) is 3.58. The number of carbonyl (C=O) groups excluding carboxylic acids is 1. The molecule has 2 aliphatic heterocycles. The molecular weight excluding hydrogens is 284 g/mol. The summed E-state index contributed by atoms with van der Waals surface area (Å²) in [6.45, 7) is 5.26. The van der Waals surface area contributed by atoms with Crippen molar-refractivity contribution in [1.82, 2.24) is 5.32 Å².